The molecule has 1 fully saturated rings. The van der Waals surface area contributed by atoms with Crippen molar-refractivity contribution in [2.24, 2.45) is 5.92 Å². The van der Waals surface area contributed by atoms with Crippen molar-refractivity contribution < 1.29 is 30.7 Å². The normalized spacial score (nSPS) is 18.8. The molecule has 0 radical (unpaired) electrons. The third-order valence-corrected chi connectivity index (χ3v) is 6.95. The predicted octanol–water partition coefficient (Wildman–Crippen LogP) is 9.89. The second-order valence-electron chi connectivity index (χ2n) is 9.33. The maximum atomic E-state index is 14.7. The molecule has 1 saturated carbocycles. The Morgan fingerprint density at radius 1 is 0.694 bits per heavy atom. The van der Waals surface area contributed by atoms with E-state index in [0.717, 1.165) is 36.5 Å². The van der Waals surface area contributed by atoms with Crippen molar-refractivity contribution >= 4 is 11.7 Å². The molecular weight excluding hydrogens is 481 g/mol. The van der Waals surface area contributed by atoms with Gasteiger partial charge in [-0.2, -0.15) is 0 Å². The highest BCUT2D eigenvalue weighted by Gasteiger charge is 2.24. The molecule has 0 nitrogen and oxygen atoms in total. The van der Waals surface area contributed by atoms with Gasteiger partial charge in [-0.15, -0.1) is 0 Å². The predicted molar refractivity (Wildman–Crippen MR) is 127 cm³/mol. The van der Waals surface area contributed by atoms with Crippen LogP contribution in [0.3, 0.4) is 0 Å². The van der Waals surface area contributed by atoms with Gasteiger partial charge in [-0.1, -0.05) is 44.0 Å². The van der Waals surface area contributed by atoms with Crippen LogP contribution in [0.25, 0.3) is 22.8 Å². The molecule has 0 atom stereocenters. The summed E-state index contributed by atoms with van der Waals surface area (Å²) in [5, 5.41) is 0. The molecule has 0 aromatic heterocycles. The molecule has 0 spiro atoms. The lowest BCUT2D eigenvalue weighted by molar-refractivity contribution is 0.308. The zero-order valence-electron chi connectivity index (χ0n) is 19.7. The van der Waals surface area contributed by atoms with Crippen LogP contribution < -0.4 is 0 Å². The van der Waals surface area contributed by atoms with E-state index in [1.807, 2.05) is 12.1 Å². The van der Waals surface area contributed by atoms with Crippen LogP contribution in [0, 0.1) is 35.0 Å². The summed E-state index contributed by atoms with van der Waals surface area (Å²) in [5.74, 6) is -10.9. The van der Waals surface area contributed by atoms with Gasteiger partial charge in [-0.25, -0.2) is 30.7 Å². The van der Waals surface area contributed by atoms with Crippen LogP contribution in [0.2, 0.25) is 0 Å². The SMILES string of the molecule is CCCC1CCC(c2ccc(-c3cc(F)c(C(F)=C(F)c4cc(F)c(F)c(F)c4)c(F)c3)cc2)CC1. The molecule has 7 heteroatoms. The largest absolute Gasteiger partial charge is 0.206 e. The molecule has 0 unspecified atom stereocenters. The van der Waals surface area contributed by atoms with Crippen LogP contribution >= 0.6 is 0 Å². The van der Waals surface area contributed by atoms with E-state index in [-0.39, 0.29) is 17.7 Å². The van der Waals surface area contributed by atoms with Crippen LogP contribution in [-0.2, 0) is 0 Å². The van der Waals surface area contributed by atoms with Gasteiger partial charge in [0.15, 0.2) is 29.1 Å². The zero-order valence-corrected chi connectivity index (χ0v) is 19.7. The minimum atomic E-state index is -1.99. The summed E-state index contributed by atoms with van der Waals surface area (Å²) in [4.78, 5) is 0. The summed E-state index contributed by atoms with van der Waals surface area (Å²) in [7, 11) is 0. The van der Waals surface area contributed by atoms with Crippen molar-refractivity contribution in [2.75, 3.05) is 0 Å². The number of benzene rings is 3. The first-order valence-electron chi connectivity index (χ1n) is 12.0. The van der Waals surface area contributed by atoms with Gasteiger partial charge in [-0.05, 0) is 78.5 Å². The third kappa shape index (κ3) is 5.35. The molecule has 0 amide bonds. The van der Waals surface area contributed by atoms with E-state index in [9.17, 15) is 30.7 Å². The van der Waals surface area contributed by atoms with E-state index in [4.69, 9.17) is 0 Å². The maximum Gasteiger partial charge on any atom is 0.194 e. The van der Waals surface area contributed by atoms with Crippen molar-refractivity contribution in [2.45, 2.75) is 51.4 Å². The van der Waals surface area contributed by atoms with E-state index in [1.54, 1.807) is 12.1 Å². The molecule has 4 rings (SSSR count). The Hall–Kier alpha value is -3.09. The van der Waals surface area contributed by atoms with Gasteiger partial charge in [0.25, 0.3) is 0 Å². The summed E-state index contributed by atoms with van der Waals surface area (Å²) in [6.45, 7) is 2.19. The Labute approximate surface area is 205 Å². The minimum absolute atomic E-state index is 0.124. The van der Waals surface area contributed by atoms with Crippen molar-refractivity contribution in [1.29, 1.82) is 0 Å². The fraction of sp³-hybridized carbons (Fsp3) is 0.310. The lowest BCUT2D eigenvalue weighted by Gasteiger charge is -2.28. The van der Waals surface area contributed by atoms with Crippen molar-refractivity contribution in [3.8, 4) is 11.1 Å². The number of rotatable bonds is 6. The van der Waals surface area contributed by atoms with Crippen LogP contribution in [0.5, 0.6) is 0 Å². The quantitative estimate of drug-likeness (QED) is 0.177. The Morgan fingerprint density at radius 3 is 1.78 bits per heavy atom. The molecule has 0 bridgehead atoms. The molecule has 3 aromatic rings. The second-order valence-corrected chi connectivity index (χ2v) is 9.33. The average molecular weight is 507 g/mol. The van der Waals surface area contributed by atoms with E-state index in [1.165, 1.54) is 25.7 Å². The molecule has 0 aliphatic heterocycles. The standard InChI is InChI=1S/C29H25F7/c1-2-3-16-4-6-17(7-5-16)18-8-10-19(11-9-18)20-12-22(30)26(23(31)13-20)29(36)27(34)21-14-24(32)28(35)25(33)15-21/h8-17H,2-7H2,1H3. The summed E-state index contributed by atoms with van der Waals surface area (Å²) in [6, 6.07) is 9.44. The highest BCUT2D eigenvalue weighted by molar-refractivity contribution is 5.84. The second kappa shape index (κ2) is 10.9. The van der Waals surface area contributed by atoms with Crippen molar-refractivity contribution in [3.05, 3.63) is 94.3 Å². The summed E-state index contributed by atoms with van der Waals surface area (Å²) >= 11 is 0. The smallest absolute Gasteiger partial charge is 0.194 e. The van der Waals surface area contributed by atoms with Crippen molar-refractivity contribution in [3.63, 3.8) is 0 Å². The van der Waals surface area contributed by atoms with Gasteiger partial charge in [-0.3, -0.25) is 0 Å². The molecule has 0 N–H and O–H groups in total. The maximum absolute atomic E-state index is 14.7. The molecule has 0 saturated heterocycles. The number of halogens is 7. The lowest BCUT2D eigenvalue weighted by Crippen LogP contribution is -2.13. The van der Waals surface area contributed by atoms with Crippen LogP contribution in [0.15, 0.2) is 48.5 Å². The Balaban J connectivity index is 1.58. The molecule has 3 aromatic carbocycles. The van der Waals surface area contributed by atoms with E-state index in [0.29, 0.717) is 11.5 Å². The number of hydrogen-bond acceptors (Lipinski definition) is 0. The Morgan fingerprint density at radius 2 is 1.25 bits per heavy atom. The minimum Gasteiger partial charge on any atom is -0.206 e. The average Bonchev–Trinajstić information content (AvgIpc) is 2.86. The van der Waals surface area contributed by atoms with Crippen molar-refractivity contribution in [1.82, 2.24) is 0 Å². The summed E-state index contributed by atoms with van der Waals surface area (Å²) < 4.78 is 98.5. The van der Waals surface area contributed by atoms with Gasteiger partial charge in [0.1, 0.15) is 11.6 Å². The first-order valence-corrected chi connectivity index (χ1v) is 12.0. The monoisotopic (exact) mass is 506 g/mol. The van der Waals surface area contributed by atoms with Crippen LogP contribution in [0.4, 0.5) is 30.7 Å². The van der Waals surface area contributed by atoms with E-state index < -0.39 is 51.9 Å². The first-order chi connectivity index (χ1) is 17.2. The van der Waals surface area contributed by atoms with Gasteiger partial charge in [0, 0.05) is 5.56 Å². The third-order valence-electron chi connectivity index (χ3n) is 6.95. The molecular formula is C29H25F7. The van der Waals surface area contributed by atoms with E-state index in [2.05, 4.69) is 6.92 Å². The molecule has 190 valence electrons. The highest BCUT2D eigenvalue weighted by atomic mass is 19.2. The van der Waals surface area contributed by atoms with E-state index >= 15 is 0 Å². The topological polar surface area (TPSA) is 0 Å². The van der Waals surface area contributed by atoms with Gasteiger partial charge in [0.05, 0.1) is 5.56 Å². The molecule has 0 heterocycles. The Kier molecular flexibility index (Phi) is 7.86. The molecule has 36 heavy (non-hydrogen) atoms. The van der Waals surface area contributed by atoms with Gasteiger partial charge >= 0.3 is 0 Å². The summed E-state index contributed by atoms with van der Waals surface area (Å²) in [5.41, 5.74) is -0.566. The molecule has 1 aliphatic carbocycles. The Bertz CT molecular complexity index is 1220. The van der Waals surface area contributed by atoms with Crippen LogP contribution in [-0.4, -0.2) is 0 Å². The highest BCUT2D eigenvalue weighted by Crippen LogP contribution is 2.39. The number of hydrogen-bond donors (Lipinski definition) is 0. The van der Waals surface area contributed by atoms with Gasteiger partial charge in [0.2, 0.25) is 0 Å². The molecule has 1 aliphatic rings. The fourth-order valence-corrected chi connectivity index (χ4v) is 5.01. The summed E-state index contributed by atoms with van der Waals surface area (Å²) in [6.07, 6.45) is 7.00. The fourth-order valence-electron chi connectivity index (χ4n) is 5.01. The van der Waals surface area contributed by atoms with Crippen LogP contribution in [0.1, 0.15) is 68.1 Å². The zero-order chi connectivity index (χ0) is 26.0. The first kappa shape index (κ1) is 26.0. The van der Waals surface area contributed by atoms with Gasteiger partial charge < -0.3 is 0 Å². The lowest BCUT2D eigenvalue weighted by atomic mass is 9.77.